The number of hydrogen-bond donors (Lipinski definition) is 2. The number of nitrogens with one attached hydrogen (secondary N) is 2. The number of nitrogens with zero attached hydrogens (tertiary/aromatic N) is 3. The van der Waals surface area contributed by atoms with Gasteiger partial charge in [0, 0.05) is 50.2 Å². The average Bonchev–Trinajstić information content (AvgIpc) is 2.84. The molecule has 1 saturated heterocycles. The number of nitro benzene ring substituents is 1. The third kappa shape index (κ3) is 5.07. The number of amides is 1. The molecule has 4 rings (SSSR count). The molecule has 0 bridgehead atoms. The Morgan fingerprint density at radius 3 is 2.47 bits per heavy atom. The van der Waals surface area contributed by atoms with E-state index >= 15 is 0 Å². The summed E-state index contributed by atoms with van der Waals surface area (Å²) in [7, 11) is 1.61. The van der Waals surface area contributed by atoms with E-state index in [1.165, 1.54) is 0 Å². The van der Waals surface area contributed by atoms with Crippen molar-refractivity contribution in [2.75, 3.05) is 44.7 Å². The van der Waals surface area contributed by atoms with Crippen molar-refractivity contribution < 1.29 is 14.1 Å². The summed E-state index contributed by atoms with van der Waals surface area (Å²) in [6, 6.07) is 11.0. The number of benzene rings is 2. The highest BCUT2D eigenvalue weighted by Crippen LogP contribution is 2.25. The molecule has 0 unspecified atom stereocenters. The van der Waals surface area contributed by atoms with E-state index in [0.29, 0.717) is 17.7 Å². The van der Waals surface area contributed by atoms with Crippen LogP contribution < -0.4 is 15.8 Å². The lowest BCUT2D eigenvalue weighted by Crippen LogP contribution is -2.46. The van der Waals surface area contributed by atoms with Gasteiger partial charge in [-0.2, -0.15) is 0 Å². The number of aromatic nitrogens is 1. The Morgan fingerprint density at radius 2 is 1.82 bits per heavy atom. The van der Waals surface area contributed by atoms with E-state index in [0.717, 1.165) is 57.0 Å². The molecular weight excluding hydrogens is 441 g/mol. The number of aryl methyl sites for hydroxylation is 1. The number of H-pyrrole nitrogens is 1. The Balaban J connectivity index is 1.33. The molecular formula is C24H26FN5O4. The number of pyridine rings is 1. The van der Waals surface area contributed by atoms with Gasteiger partial charge in [0.1, 0.15) is 5.82 Å². The third-order valence-electron chi connectivity index (χ3n) is 6.17. The molecule has 1 fully saturated rings. The first-order chi connectivity index (χ1) is 16.4. The van der Waals surface area contributed by atoms with Crippen LogP contribution in [0.5, 0.6) is 0 Å². The molecule has 0 radical (unpaired) electrons. The highest BCUT2D eigenvalue weighted by Gasteiger charge is 2.19. The molecule has 1 aliphatic rings. The van der Waals surface area contributed by atoms with Crippen LogP contribution in [0.3, 0.4) is 0 Å². The number of rotatable bonds is 7. The van der Waals surface area contributed by atoms with Crippen molar-refractivity contribution in [2.45, 2.75) is 12.8 Å². The zero-order valence-corrected chi connectivity index (χ0v) is 18.8. The highest BCUT2D eigenvalue weighted by atomic mass is 19.1. The van der Waals surface area contributed by atoms with Gasteiger partial charge in [0.05, 0.1) is 21.8 Å². The molecule has 2 aromatic carbocycles. The number of piperazine rings is 1. The maximum Gasteiger partial charge on any atom is 0.280 e. The number of hydrogen-bond acceptors (Lipinski definition) is 6. The van der Waals surface area contributed by atoms with Gasteiger partial charge in [-0.15, -0.1) is 0 Å². The zero-order chi connectivity index (χ0) is 24.2. The SMILES string of the molecule is CNC(=O)c1ccc(N2CCN(CCCc3cc4c([N+](=O)[O-])cc(F)cc4c(=O)[nH]3)CC2)cc1. The second-order valence-electron chi connectivity index (χ2n) is 8.33. The first-order valence-electron chi connectivity index (χ1n) is 11.1. The Morgan fingerprint density at radius 1 is 1.12 bits per heavy atom. The number of fused-ring (bicyclic) bond motifs is 1. The van der Waals surface area contributed by atoms with Gasteiger partial charge in [-0.1, -0.05) is 0 Å². The molecule has 1 aliphatic heterocycles. The van der Waals surface area contributed by atoms with E-state index in [2.05, 4.69) is 20.1 Å². The summed E-state index contributed by atoms with van der Waals surface area (Å²) >= 11 is 0. The Bertz CT molecular complexity index is 1270. The molecule has 0 atom stereocenters. The zero-order valence-electron chi connectivity index (χ0n) is 18.8. The lowest BCUT2D eigenvalue weighted by atomic mass is 10.1. The van der Waals surface area contributed by atoms with Gasteiger partial charge >= 0.3 is 0 Å². The number of nitro groups is 1. The molecule has 10 heteroatoms. The molecule has 1 aromatic heterocycles. The van der Waals surface area contributed by atoms with E-state index < -0.39 is 22.0 Å². The number of aromatic amines is 1. The van der Waals surface area contributed by atoms with Crippen LogP contribution in [0.2, 0.25) is 0 Å². The highest BCUT2D eigenvalue weighted by molar-refractivity contribution is 5.94. The molecule has 2 N–H and O–H groups in total. The predicted octanol–water partition coefficient (Wildman–Crippen LogP) is 2.69. The van der Waals surface area contributed by atoms with Crippen LogP contribution in [0.1, 0.15) is 22.5 Å². The Labute approximate surface area is 195 Å². The number of halogens is 1. The van der Waals surface area contributed by atoms with Crippen molar-refractivity contribution in [3.05, 3.63) is 80.0 Å². The molecule has 2 heterocycles. The molecule has 34 heavy (non-hydrogen) atoms. The van der Waals surface area contributed by atoms with Crippen LogP contribution in [-0.2, 0) is 6.42 Å². The summed E-state index contributed by atoms with van der Waals surface area (Å²) in [5, 5.41) is 14.0. The minimum absolute atomic E-state index is 0.0186. The smallest absolute Gasteiger partial charge is 0.280 e. The van der Waals surface area contributed by atoms with Gasteiger partial charge in [0.25, 0.3) is 17.2 Å². The van der Waals surface area contributed by atoms with Gasteiger partial charge in [0.15, 0.2) is 0 Å². The van der Waals surface area contributed by atoms with Gasteiger partial charge in [-0.25, -0.2) is 4.39 Å². The molecule has 0 spiro atoms. The minimum atomic E-state index is -0.806. The Hall–Kier alpha value is -3.79. The average molecular weight is 468 g/mol. The van der Waals surface area contributed by atoms with Crippen LogP contribution >= 0.6 is 0 Å². The predicted molar refractivity (Wildman–Crippen MR) is 128 cm³/mol. The van der Waals surface area contributed by atoms with E-state index in [4.69, 9.17) is 0 Å². The molecule has 0 aliphatic carbocycles. The molecule has 9 nitrogen and oxygen atoms in total. The van der Waals surface area contributed by atoms with E-state index in [9.17, 15) is 24.1 Å². The summed E-state index contributed by atoms with van der Waals surface area (Å²) in [5.74, 6) is -0.912. The molecule has 1 amide bonds. The minimum Gasteiger partial charge on any atom is -0.369 e. The summed E-state index contributed by atoms with van der Waals surface area (Å²) in [4.78, 5) is 42.0. The number of anilines is 1. The first kappa shape index (κ1) is 23.4. The number of carbonyl (C=O) groups is 1. The lowest BCUT2D eigenvalue weighted by Gasteiger charge is -2.36. The molecule has 178 valence electrons. The molecule has 3 aromatic rings. The van der Waals surface area contributed by atoms with Crippen LogP contribution in [0.4, 0.5) is 15.8 Å². The van der Waals surface area contributed by atoms with Crippen LogP contribution in [0, 0.1) is 15.9 Å². The van der Waals surface area contributed by atoms with Crippen LogP contribution in [0.25, 0.3) is 10.8 Å². The standard InChI is InChI=1S/C24H26FN5O4/c1-26-23(31)16-4-6-19(7-5-16)29-11-9-28(10-12-29)8-2-3-18-15-20-21(24(32)27-18)13-17(25)14-22(20)30(33)34/h4-7,13-15H,2-3,8-12H2,1H3,(H,26,31)(H,27,32). The van der Waals surface area contributed by atoms with Gasteiger partial charge < -0.3 is 15.2 Å². The normalized spacial score (nSPS) is 14.4. The quantitative estimate of drug-likeness (QED) is 0.408. The summed E-state index contributed by atoms with van der Waals surface area (Å²) in [6.45, 7) is 4.33. The van der Waals surface area contributed by atoms with Crippen molar-refractivity contribution in [3.63, 3.8) is 0 Å². The van der Waals surface area contributed by atoms with Crippen molar-refractivity contribution in [1.82, 2.24) is 15.2 Å². The van der Waals surface area contributed by atoms with Crippen molar-refractivity contribution in [1.29, 1.82) is 0 Å². The lowest BCUT2D eigenvalue weighted by molar-refractivity contribution is -0.383. The monoisotopic (exact) mass is 467 g/mol. The maximum atomic E-state index is 13.7. The largest absolute Gasteiger partial charge is 0.369 e. The summed E-state index contributed by atoms with van der Waals surface area (Å²) < 4.78 is 13.7. The van der Waals surface area contributed by atoms with E-state index in [-0.39, 0.29) is 16.7 Å². The van der Waals surface area contributed by atoms with Gasteiger partial charge in [-0.3, -0.25) is 24.6 Å². The number of carbonyl (C=O) groups excluding carboxylic acids is 1. The van der Waals surface area contributed by atoms with Crippen molar-refractivity contribution in [3.8, 4) is 0 Å². The van der Waals surface area contributed by atoms with Crippen molar-refractivity contribution >= 4 is 28.1 Å². The summed E-state index contributed by atoms with van der Waals surface area (Å²) in [6.07, 6.45) is 1.33. The maximum absolute atomic E-state index is 13.7. The van der Waals surface area contributed by atoms with Crippen LogP contribution in [-0.4, -0.2) is 60.5 Å². The van der Waals surface area contributed by atoms with E-state index in [1.54, 1.807) is 13.1 Å². The second-order valence-corrected chi connectivity index (χ2v) is 8.33. The fourth-order valence-corrected chi connectivity index (χ4v) is 4.34. The number of non-ortho nitro benzene ring substituents is 1. The molecule has 0 saturated carbocycles. The van der Waals surface area contributed by atoms with Gasteiger partial charge in [-0.05, 0) is 55.8 Å². The van der Waals surface area contributed by atoms with E-state index in [1.807, 2.05) is 24.3 Å². The van der Waals surface area contributed by atoms with Gasteiger partial charge in [0.2, 0.25) is 0 Å². The summed E-state index contributed by atoms with van der Waals surface area (Å²) in [5.41, 5.74) is 1.39. The fourth-order valence-electron chi connectivity index (χ4n) is 4.34. The van der Waals surface area contributed by atoms with Crippen molar-refractivity contribution in [2.24, 2.45) is 0 Å². The fraction of sp³-hybridized carbons (Fsp3) is 0.333. The Kier molecular flexibility index (Phi) is 6.87. The topological polar surface area (TPSA) is 112 Å². The third-order valence-corrected chi connectivity index (χ3v) is 6.17. The van der Waals surface area contributed by atoms with Crippen LogP contribution in [0.15, 0.2) is 47.3 Å². The second kappa shape index (κ2) is 10.0. The first-order valence-corrected chi connectivity index (χ1v) is 11.1.